The summed E-state index contributed by atoms with van der Waals surface area (Å²) in [5.74, 6) is 0.313. The average molecular weight is 260 g/mol. The fourth-order valence-corrected chi connectivity index (χ4v) is 1.86. The number of rotatable bonds is 8. The summed E-state index contributed by atoms with van der Waals surface area (Å²) >= 11 is 0. The second kappa shape index (κ2) is 8.14. The number of hydrogen-bond donors (Lipinski definition) is 0. The lowest BCUT2D eigenvalue weighted by Crippen LogP contribution is -2.20. The Morgan fingerprint density at radius 3 is 2.68 bits per heavy atom. The number of ether oxygens (including phenoxy) is 2. The van der Waals surface area contributed by atoms with Gasteiger partial charge < -0.3 is 9.47 Å². The van der Waals surface area contributed by atoms with Gasteiger partial charge in [0.1, 0.15) is 12.4 Å². The SMILES string of the molecule is C=CCOC(=O)[C@@H](CC=C)Cc1ccccc1OC. The van der Waals surface area contributed by atoms with Crippen LogP contribution >= 0.6 is 0 Å². The van der Waals surface area contributed by atoms with E-state index in [2.05, 4.69) is 13.2 Å². The average Bonchev–Trinajstić information content (AvgIpc) is 2.44. The van der Waals surface area contributed by atoms with Gasteiger partial charge in [-0.25, -0.2) is 0 Å². The predicted octanol–water partition coefficient (Wildman–Crippen LogP) is 3.16. The zero-order valence-electron chi connectivity index (χ0n) is 11.3. The van der Waals surface area contributed by atoms with Gasteiger partial charge in [-0.1, -0.05) is 36.9 Å². The highest BCUT2D eigenvalue weighted by atomic mass is 16.5. The third-order valence-electron chi connectivity index (χ3n) is 2.79. The fourth-order valence-electron chi connectivity index (χ4n) is 1.86. The number of hydrogen-bond acceptors (Lipinski definition) is 3. The molecule has 1 aromatic rings. The molecular weight excluding hydrogens is 240 g/mol. The summed E-state index contributed by atoms with van der Waals surface area (Å²) in [7, 11) is 1.62. The molecule has 0 saturated heterocycles. The molecule has 0 spiro atoms. The number of esters is 1. The van der Waals surface area contributed by atoms with Gasteiger partial charge in [0.05, 0.1) is 13.0 Å². The summed E-state index contributed by atoms with van der Waals surface area (Å²) in [6.07, 6.45) is 4.45. The highest BCUT2D eigenvalue weighted by Crippen LogP contribution is 2.23. The molecule has 0 unspecified atom stereocenters. The number of methoxy groups -OCH3 is 1. The molecule has 3 nitrogen and oxygen atoms in total. The zero-order chi connectivity index (χ0) is 14.1. The minimum absolute atomic E-state index is 0.231. The smallest absolute Gasteiger partial charge is 0.309 e. The molecular formula is C16H20O3. The molecule has 0 fully saturated rings. The normalized spacial score (nSPS) is 11.4. The van der Waals surface area contributed by atoms with Crippen LogP contribution in [0.2, 0.25) is 0 Å². The van der Waals surface area contributed by atoms with E-state index in [1.54, 1.807) is 19.3 Å². The number of allylic oxidation sites excluding steroid dienone is 1. The lowest BCUT2D eigenvalue weighted by Gasteiger charge is -2.15. The first-order valence-corrected chi connectivity index (χ1v) is 6.23. The van der Waals surface area contributed by atoms with E-state index in [1.165, 1.54) is 0 Å². The number of carbonyl (C=O) groups excluding carboxylic acids is 1. The second-order valence-electron chi connectivity index (χ2n) is 4.16. The van der Waals surface area contributed by atoms with Crippen molar-refractivity contribution in [3.63, 3.8) is 0 Å². The van der Waals surface area contributed by atoms with Crippen LogP contribution in [0.4, 0.5) is 0 Å². The Balaban J connectivity index is 2.79. The van der Waals surface area contributed by atoms with Crippen LogP contribution in [0.25, 0.3) is 0 Å². The van der Waals surface area contributed by atoms with Crippen molar-refractivity contribution in [1.82, 2.24) is 0 Å². The molecule has 0 bridgehead atoms. The quantitative estimate of drug-likeness (QED) is 0.532. The van der Waals surface area contributed by atoms with E-state index in [0.717, 1.165) is 11.3 Å². The molecule has 0 N–H and O–H groups in total. The van der Waals surface area contributed by atoms with Crippen LogP contribution in [0.5, 0.6) is 5.75 Å². The van der Waals surface area contributed by atoms with E-state index in [1.807, 2.05) is 24.3 Å². The van der Waals surface area contributed by atoms with Crippen LogP contribution in [-0.2, 0) is 16.0 Å². The van der Waals surface area contributed by atoms with Crippen LogP contribution in [0.3, 0.4) is 0 Å². The first-order valence-electron chi connectivity index (χ1n) is 6.23. The van der Waals surface area contributed by atoms with Crippen LogP contribution in [-0.4, -0.2) is 19.7 Å². The highest BCUT2D eigenvalue weighted by Gasteiger charge is 2.20. The summed E-state index contributed by atoms with van der Waals surface area (Å²) in [6.45, 7) is 7.45. The molecule has 0 aliphatic rings. The summed E-state index contributed by atoms with van der Waals surface area (Å²) in [5, 5.41) is 0. The maximum Gasteiger partial charge on any atom is 0.309 e. The van der Waals surface area contributed by atoms with Gasteiger partial charge in [0, 0.05) is 0 Å². The highest BCUT2D eigenvalue weighted by molar-refractivity contribution is 5.73. The van der Waals surface area contributed by atoms with Crippen LogP contribution in [0.15, 0.2) is 49.6 Å². The van der Waals surface area contributed by atoms with Gasteiger partial charge in [-0.2, -0.15) is 0 Å². The first-order chi connectivity index (χ1) is 9.22. The van der Waals surface area contributed by atoms with E-state index in [0.29, 0.717) is 12.8 Å². The molecule has 19 heavy (non-hydrogen) atoms. The Hall–Kier alpha value is -2.03. The molecule has 1 atom stereocenters. The zero-order valence-corrected chi connectivity index (χ0v) is 11.3. The summed E-state index contributed by atoms with van der Waals surface area (Å²) in [4.78, 5) is 11.9. The largest absolute Gasteiger partial charge is 0.496 e. The Labute approximate surface area is 114 Å². The van der Waals surface area contributed by atoms with Crippen molar-refractivity contribution in [2.24, 2.45) is 5.92 Å². The van der Waals surface area contributed by atoms with Gasteiger partial charge in [0.25, 0.3) is 0 Å². The molecule has 0 saturated carbocycles. The van der Waals surface area contributed by atoms with E-state index in [4.69, 9.17) is 9.47 Å². The Morgan fingerprint density at radius 1 is 1.32 bits per heavy atom. The number of carbonyl (C=O) groups is 1. The molecule has 1 aromatic carbocycles. The van der Waals surface area contributed by atoms with Gasteiger partial charge in [-0.3, -0.25) is 4.79 Å². The minimum atomic E-state index is -0.242. The lowest BCUT2D eigenvalue weighted by molar-refractivity contribution is -0.147. The van der Waals surface area contributed by atoms with Gasteiger partial charge in [0.15, 0.2) is 0 Å². The van der Waals surface area contributed by atoms with Crippen LogP contribution in [0, 0.1) is 5.92 Å². The van der Waals surface area contributed by atoms with E-state index in [9.17, 15) is 4.79 Å². The van der Waals surface area contributed by atoms with E-state index < -0.39 is 0 Å². The molecule has 1 rings (SSSR count). The van der Waals surface area contributed by atoms with Gasteiger partial charge in [-0.15, -0.1) is 6.58 Å². The van der Waals surface area contributed by atoms with Crippen molar-refractivity contribution < 1.29 is 14.3 Å². The Morgan fingerprint density at radius 2 is 2.05 bits per heavy atom. The lowest BCUT2D eigenvalue weighted by atomic mass is 9.95. The van der Waals surface area contributed by atoms with Gasteiger partial charge in [0.2, 0.25) is 0 Å². The standard InChI is InChI=1S/C16H20O3/c1-4-8-14(16(17)19-11-5-2)12-13-9-6-7-10-15(13)18-3/h4-7,9-10,14H,1-2,8,11-12H2,3H3/t14-/m0/s1. The van der Waals surface area contributed by atoms with Gasteiger partial charge >= 0.3 is 5.97 Å². The van der Waals surface area contributed by atoms with Crippen molar-refractivity contribution >= 4 is 5.97 Å². The monoisotopic (exact) mass is 260 g/mol. The van der Waals surface area contributed by atoms with Crippen LogP contribution < -0.4 is 4.74 Å². The van der Waals surface area contributed by atoms with E-state index in [-0.39, 0.29) is 18.5 Å². The number of para-hydroxylation sites is 1. The molecule has 0 aromatic heterocycles. The first kappa shape index (κ1) is 15.0. The fraction of sp³-hybridized carbons (Fsp3) is 0.312. The maximum absolute atomic E-state index is 11.9. The summed E-state index contributed by atoms with van der Waals surface area (Å²) < 4.78 is 10.4. The van der Waals surface area contributed by atoms with Crippen molar-refractivity contribution in [2.45, 2.75) is 12.8 Å². The van der Waals surface area contributed by atoms with Crippen molar-refractivity contribution in [2.75, 3.05) is 13.7 Å². The Kier molecular flexibility index (Phi) is 6.44. The van der Waals surface area contributed by atoms with Crippen molar-refractivity contribution in [3.8, 4) is 5.75 Å². The Bertz CT molecular complexity index is 437. The summed E-state index contributed by atoms with van der Waals surface area (Å²) in [6, 6.07) is 7.67. The van der Waals surface area contributed by atoms with Crippen LogP contribution in [0.1, 0.15) is 12.0 Å². The van der Waals surface area contributed by atoms with Gasteiger partial charge in [-0.05, 0) is 24.5 Å². The number of benzene rings is 1. The third kappa shape index (κ3) is 4.62. The molecule has 3 heteroatoms. The maximum atomic E-state index is 11.9. The van der Waals surface area contributed by atoms with E-state index >= 15 is 0 Å². The molecule has 0 aliphatic heterocycles. The minimum Gasteiger partial charge on any atom is -0.496 e. The van der Waals surface area contributed by atoms with Crippen molar-refractivity contribution in [1.29, 1.82) is 0 Å². The predicted molar refractivity (Wildman–Crippen MR) is 76.2 cm³/mol. The molecule has 0 aliphatic carbocycles. The molecule has 0 amide bonds. The molecule has 102 valence electrons. The second-order valence-corrected chi connectivity index (χ2v) is 4.16. The summed E-state index contributed by atoms with van der Waals surface area (Å²) in [5.41, 5.74) is 0.993. The topological polar surface area (TPSA) is 35.5 Å². The van der Waals surface area contributed by atoms with Crippen molar-refractivity contribution in [3.05, 3.63) is 55.1 Å². The molecule has 0 radical (unpaired) electrons. The third-order valence-corrected chi connectivity index (χ3v) is 2.79. The molecule has 0 heterocycles.